The lowest BCUT2D eigenvalue weighted by atomic mass is 10.1. The Balaban J connectivity index is 1.44. The van der Waals surface area contributed by atoms with Crippen molar-refractivity contribution in [1.82, 2.24) is 0 Å². The topological polar surface area (TPSA) is 26.0 Å². The minimum atomic E-state index is 0.976. The number of anilines is 1. The molecule has 0 atom stereocenters. The summed E-state index contributed by atoms with van der Waals surface area (Å²) in [6.45, 7) is 0. The molecule has 0 saturated carbocycles. The fourth-order valence-electron chi connectivity index (χ4n) is 2.91. The van der Waals surface area contributed by atoms with E-state index in [-0.39, 0.29) is 0 Å². The van der Waals surface area contributed by atoms with Crippen molar-refractivity contribution in [3.05, 3.63) is 77.9 Å². The zero-order chi connectivity index (χ0) is 15.9. The standard InChI is InChI=1S/C21H23NS/c22-21-19(18-14-9-10-16-20(18)23-21)15-8-3-1-2-5-11-17-12-6-4-7-13-17/h1,3-4,6-7,9-10,12-14,16H,2,5,8,11,15,22H2. The van der Waals surface area contributed by atoms with Crippen molar-refractivity contribution in [1.29, 1.82) is 0 Å². The average Bonchev–Trinajstić information content (AvgIpc) is 2.90. The van der Waals surface area contributed by atoms with E-state index in [1.54, 1.807) is 11.3 Å². The second kappa shape index (κ2) is 7.98. The molecule has 0 spiro atoms. The molecule has 3 aromatic rings. The van der Waals surface area contributed by atoms with E-state index in [1.807, 2.05) is 0 Å². The highest BCUT2D eigenvalue weighted by molar-refractivity contribution is 7.22. The van der Waals surface area contributed by atoms with Gasteiger partial charge in [-0.1, -0.05) is 60.7 Å². The molecule has 23 heavy (non-hydrogen) atoms. The molecule has 118 valence electrons. The quantitative estimate of drug-likeness (QED) is 0.419. The minimum Gasteiger partial charge on any atom is -0.390 e. The number of benzene rings is 2. The van der Waals surface area contributed by atoms with Crippen LogP contribution in [-0.4, -0.2) is 0 Å². The first-order chi connectivity index (χ1) is 11.3. The smallest absolute Gasteiger partial charge is 0.0901 e. The van der Waals surface area contributed by atoms with E-state index in [1.165, 1.54) is 27.6 Å². The Hall–Kier alpha value is -2.06. The number of rotatable bonds is 7. The fourth-order valence-corrected chi connectivity index (χ4v) is 3.93. The first-order valence-corrected chi connectivity index (χ1v) is 9.11. The predicted octanol–water partition coefficient (Wildman–Crippen LogP) is 6.00. The van der Waals surface area contributed by atoms with E-state index in [9.17, 15) is 0 Å². The molecule has 0 radical (unpaired) electrons. The molecule has 0 fully saturated rings. The number of allylic oxidation sites excluding steroid dienone is 2. The maximum absolute atomic E-state index is 6.17. The molecule has 0 aliphatic heterocycles. The Bertz CT molecular complexity index is 771. The second-order valence-corrected chi connectivity index (χ2v) is 6.91. The van der Waals surface area contributed by atoms with Gasteiger partial charge in [0, 0.05) is 4.70 Å². The maximum Gasteiger partial charge on any atom is 0.0901 e. The highest BCUT2D eigenvalue weighted by atomic mass is 32.1. The van der Waals surface area contributed by atoms with Crippen LogP contribution in [0.3, 0.4) is 0 Å². The number of thiophene rings is 1. The summed E-state index contributed by atoms with van der Waals surface area (Å²) < 4.78 is 1.30. The van der Waals surface area contributed by atoms with E-state index in [4.69, 9.17) is 5.73 Å². The first kappa shape index (κ1) is 15.8. The Morgan fingerprint density at radius 1 is 0.826 bits per heavy atom. The lowest BCUT2D eigenvalue weighted by Gasteiger charge is -1.99. The van der Waals surface area contributed by atoms with Crippen LogP contribution in [0.1, 0.15) is 30.4 Å². The number of unbranched alkanes of at least 4 members (excludes halogenated alkanes) is 1. The molecule has 0 aliphatic carbocycles. The second-order valence-electron chi connectivity index (χ2n) is 5.83. The lowest BCUT2D eigenvalue weighted by Crippen LogP contribution is -1.88. The third-order valence-corrected chi connectivity index (χ3v) is 5.18. The van der Waals surface area contributed by atoms with E-state index in [0.29, 0.717) is 0 Å². The molecule has 2 heteroatoms. The van der Waals surface area contributed by atoms with Crippen LogP contribution in [0.5, 0.6) is 0 Å². The minimum absolute atomic E-state index is 0.976. The van der Waals surface area contributed by atoms with E-state index >= 15 is 0 Å². The maximum atomic E-state index is 6.17. The predicted molar refractivity (Wildman–Crippen MR) is 103 cm³/mol. The van der Waals surface area contributed by atoms with Gasteiger partial charge in [0.25, 0.3) is 0 Å². The Labute approximate surface area is 142 Å². The van der Waals surface area contributed by atoms with Crippen molar-refractivity contribution in [2.75, 3.05) is 5.73 Å². The molecule has 1 heterocycles. The Morgan fingerprint density at radius 2 is 1.57 bits per heavy atom. The molecule has 0 saturated heterocycles. The fraction of sp³-hybridized carbons (Fsp3) is 0.238. The highest BCUT2D eigenvalue weighted by Gasteiger charge is 2.07. The van der Waals surface area contributed by atoms with Gasteiger partial charge in [0.15, 0.2) is 0 Å². The van der Waals surface area contributed by atoms with Crippen molar-refractivity contribution < 1.29 is 0 Å². The number of hydrogen-bond acceptors (Lipinski definition) is 2. The summed E-state index contributed by atoms with van der Waals surface area (Å²) in [6.07, 6.45) is 10.2. The number of fused-ring (bicyclic) bond motifs is 1. The monoisotopic (exact) mass is 321 g/mol. The summed E-state index contributed by atoms with van der Waals surface area (Å²) in [5.74, 6) is 0. The van der Waals surface area contributed by atoms with Crippen LogP contribution in [0.25, 0.3) is 10.1 Å². The largest absolute Gasteiger partial charge is 0.390 e. The van der Waals surface area contributed by atoms with Gasteiger partial charge >= 0.3 is 0 Å². The first-order valence-electron chi connectivity index (χ1n) is 8.29. The third-order valence-electron chi connectivity index (χ3n) is 4.14. The van der Waals surface area contributed by atoms with Crippen LogP contribution in [0, 0.1) is 0 Å². The Kier molecular flexibility index (Phi) is 5.49. The van der Waals surface area contributed by atoms with Gasteiger partial charge < -0.3 is 5.73 Å². The van der Waals surface area contributed by atoms with Crippen molar-refractivity contribution in [2.45, 2.75) is 32.1 Å². The van der Waals surface area contributed by atoms with E-state index < -0.39 is 0 Å². The highest BCUT2D eigenvalue weighted by Crippen LogP contribution is 2.34. The van der Waals surface area contributed by atoms with Gasteiger partial charge in [0.05, 0.1) is 5.00 Å². The molecular weight excluding hydrogens is 298 g/mol. The van der Waals surface area contributed by atoms with Crippen molar-refractivity contribution in [3.8, 4) is 0 Å². The lowest BCUT2D eigenvalue weighted by molar-refractivity contribution is 0.838. The van der Waals surface area contributed by atoms with Crippen LogP contribution in [0.15, 0.2) is 66.7 Å². The molecule has 2 aromatic carbocycles. The van der Waals surface area contributed by atoms with E-state index in [2.05, 4.69) is 66.7 Å². The van der Waals surface area contributed by atoms with Crippen molar-refractivity contribution in [2.24, 2.45) is 0 Å². The molecule has 3 rings (SSSR count). The molecule has 0 aliphatic rings. The normalized spacial score (nSPS) is 11.5. The molecule has 2 N–H and O–H groups in total. The van der Waals surface area contributed by atoms with Crippen LogP contribution < -0.4 is 5.73 Å². The van der Waals surface area contributed by atoms with Gasteiger partial charge in [-0.2, -0.15) is 0 Å². The molecule has 0 amide bonds. The summed E-state index contributed by atoms with van der Waals surface area (Å²) in [5.41, 5.74) is 8.92. The summed E-state index contributed by atoms with van der Waals surface area (Å²) in [7, 11) is 0. The summed E-state index contributed by atoms with van der Waals surface area (Å²) in [4.78, 5) is 0. The number of hydrogen-bond donors (Lipinski definition) is 1. The van der Waals surface area contributed by atoms with Gasteiger partial charge in [0.1, 0.15) is 0 Å². The number of nitrogen functional groups attached to an aromatic ring is 1. The Morgan fingerprint density at radius 3 is 2.43 bits per heavy atom. The number of nitrogens with two attached hydrogens (primary N) is 1. The van der Waals surface area contributed by atoms with Crippen LogP contribution in [0.4, 0.5) is 5.00 Å². The molecule has 1 nitrogen and oxygen atoms in total. The summed E-state index contributed by atoms with van der Waals surface area (Å²) >= 11 is 1.70. The van der Waals surface area contributed by atoms with Gasteiger partial charge in [-0.05, 0) is 54.7 Å². The molecular formula is C21H23NS. The zero-order valence-electron chi connectivity index (χ0n) is 13.4. The molecule has 0 unspecified atom stereocenters. The summed E-state index contributed by atoms with van der Waals surface area (Å²) in [5, 5.41) is 2.30. The van der Waals surface area contributed by atoms with Crippen molar-refractivity contribution >= 4 is 26.4 Å². The average molecular weight is 321 g/mol. The van der Waals surface area contributed by atoms with Gasteiger partial charge in [-0.3, -0.25) is 0 Å². The van der Waals surface area contributed by atoms with Crippen LogP contribution in [-0.2, 0) is 12.8 Å². The van der Waals surface area contributed by atoms with E-state index in [0.717, 1.165) is 30.7 Å². The van der Waals surface area contributed by atoms with Gasteiger partial charge in [-0.15, -0.1) is 11.3 Å². The van der Waals surface area contributed by atoms with Gasteiger partial charge in [0.2, 0.25) is 0 Å². The number of aryl methyl sites for hydroxylation is 2. The summed E-state index contributed by atoms with van der Waals surface area (Å²) in [6, 6.07) is 19.2. The molecule has 1 aromatic heterocycles. The van der Waals surface area contributed by atoms with Crippen LogP contribution in [0.2, 0.25) is 0 Å². The van der Waals surface area contributed by atoms with Crippen LogP contribution >= 0.6 is 11.3 Å². The van der Waals surface area contributed by atoms with Gasteiger partial charge in [-0.25, -0.2) is 0 Å². The van der Waals surface area contributed by atoms with Crippen molar-refractivity contribution in [3.63, 3.8) is 0 Å². The zero-order valence-corrected chi connectivity index (χ0v) is 14.2. The molecule has 0 bridgehead atoms. The SMILES string of the molecule is Nc1sc2ccccc2c1CCC=CCCCc1ccccc1. The third kappa shape index (κ3) is 4.23.